The molecule has 0 aliphatic carbocycles. The monoisotopic (exact) mass is 665 g/mol. The molecule has 39 heavy (non-hydrogen) atoms. The van der Waals surface area contributed by atoms with Gasteiger partial charge in [0.25, 0.3) is 0 Å². The van der Waals surface area contributed by atoms with Gasteiger partial charge in [-0.3, -0.25) is 23.7 Å². The lowest BCUT2D eigenvalue weighted by Crippen LogP contribution is -2.39. The van der Waals surface area contributed by atoms with Gasteiger partial charge in [-0.05, 0) is 55.2 Å². The number of benzene rings is 2. The SMILES string of the molecule is O=C(Cn1c2c(sc1=O)[C@H](c1cccc(Cl)c1Cl)C1C(=O)N(c3ccc(Br)cc3)C(=O)C1S2)N1CCCCC1. The summed E-state index contributed by atoms with van der Waals surface area (Å²) < 4.78 is 2.29. The number of halogens is 3. The van der Waals surface area contributed by atoms with E-state index in [-0.39, 0.29) is 34.2 Å². The molecule has 0 saturated carbocycles. The number of nitrogens with zero attached hydrogens (tertiary/aromatic N) is 3. The molecular formula is C27H22BrCl2N3O4S2. The van der Waals surface area contributed by atoms with Crippen molar-refractivity contribution in [2.24, 2.45) is 5.92 Å². The molecule has 1 aromatic heterocycles. The third-order valence-electron chi connectivity index (χ3n) is 7.45. The number of carbonyl (C=O) groups is 3. The van der Waals surface area contributed by atoms with Gasteiger partial charge in [0.15, 0.2) is 0 Å². The normalized spacial score (nSPS) is 22.7. The molecule has 2 aromatic carbocycles. The number of amides is 3. The van der Waals surface area contributed by atoms with E-state index in [9.17, 15) is 19.2 Å². The fourth-order valence-corrected chi connectivity index (χ4v) is 9.03. The molecule has 7 nitrogen and oxygen atoms in total. The second-order valence-corrected chi connectivity index (χ2v) is 13.6. The molecule has 2 saturated heterocycles. The van der Waals surface area contributed by atoms with Crippen molar-refractivity contribution < 1.29 is 14.4 Å². The van der Waals surface area contributed by atoms with Crippen LogP contribution in [0.5, 0.6) is 0 Å². The van der Waals surface area contributed by atoms with E-state index in [2.05, 4.69) is 15.9 Å². The summed E-state index contributed by atoms with van der Waals surface area (Å²) in [4.78, 5) is 57.6. The van der Waals surface area contributed by atoms with Crippen LogP contribution >= 0.6 is 62.2 Å². The number of thioether (sulfide) groups is 1. The molecule has 3 atom stereocenters. The van der Waals surface area contributed by atoms with E-state index < -0.39 is 17.1 Å². The quantitative estimate of drug-likeness (QED) is 0.330. The summed E-state index contributed by atoms with van der Waals surface area (Å²) in [7, 11) is 0. The van der Waals surface area contributed by atoms with Gasteiger partial charge >= 0.3 is 4.87 Å². The highest BCUT2D eigenvalue weighted by Crippen LogP contribution is 2.55. The predicted molar refractivity (Wildman–Crippen MR) is 157 cm³/mol. The molecule has 0 spiro atoms. The second kappa shape index (κ2) is 10.7. The summed E-state index contributed by atoms with van der Waals surface area (Å²) in [5.41, 5.74) is 1.05. The Balaban J connectivity index is 1.46. The maximum atomic E-state index is 14.0. The number of piperidine rings is 1. The molecule has 2 fully saturated rings. The number of imide groups is 1. The summed E-state index contributed by atoms with van der Waals surface area (Å²) in [5, 5.41) is 0.342. The van der Waals surface area contributed by atoms with Gasteiger partial charge in [-0.15, -0.1) is 0 Å². The van der Waals surface area contributed by atoms with E-state index in [1.165, 1.54) is 21.2 Å². The van der Waals surface area contributed by atoms with Gasteiger partial charge in [-0.1, -0.05) is 74.4 Å². The Kier molecular flexibility index (Phi) is 7.43. The average Bonchev–Trinajstić information content (AvgIpc) is 3.38. The largest absolute Gasteiger partial charge is 0.341 e. The van der Waals surface area contributed by atoms with Crippen molar-refractivity contribution in [3.63, 3.8) is 0 Å². The van der Waals surface area contributed by atoms with Crippen molar-refractivity contribution in [3.8, 4) is 0 Å². The maximum Gasteiger partial charge on any atom is 0.308 e. The van der Waals surface area contributed by atoms with Crippen LogP contribution < -0.4 is 9.77 Å². The molecule has 6 rings (SSSR count). The van der Waals surface area contributed by atoms with Crippen molar-refractivity contribution >= 4 is 85.6 Å². The summed E-state index contributed by atoms with van der Waals surface area (Å²) in [5.74, 6) is -2.30. The van der Waals surface area contributed by atoms with Crippen molar-refractivity contribution in [1.82, 2.24) is 9.47 Å². The first-order valence-electron chi connectivity index (χ1n) is 12.5. The standard InChI is InChI=1S/C27H22BrCl2N3O4S2/c28-14-7-9-15(10-8-14)33-24(35)20-19(16-5-4-6-17(29)21(16)30)23-26(38-22(20)25(33)36)32(27(37)39-23)13-18(34)31-11-2-1-3-12-31/h4-10,19-20,22H,1-3,11-13H2/t19-,20?,22?/m1/s1. The molecule has 0 N–H and O–H groups in total. The molecule has 3 aliphatic rings. The molecule has 0 bridgehead atoms. The van der Waals surface area contributed by atoms with Gasteiger partial charge in [0.1, 0.15) is 11.8 Å². The molecule has 0 radical (unpaired) electrons. The van der Waals surface area contributed by atoms with Crippen LogP contribution in [0.4, 0.5) is 5.69 Å². The van der Waals surface area contributed by atoms with Gasteiger partial charge in [-0.2, -0.15) is 0 Å². The highest BCUT2D eigenvalue weighted by molar-refractivity contribution is 9.10. The molecule has 12 heteroatoms. The van der Waals surface area contributed by atoms with Crippen LogP contribution in [0.15, 0.2) is 56.8 Å². The topological polar surface area (TPSA) is 79.7 Å². The summed E-state index contributed by atoms with van der Waals surface area (Å²) in [6, 6.07) is 12.2. The lowest BCUT2D eigenvalue weighted by molar-refractivity contribution is -0.133. The fraction of sp³-hybridized carbons (Fsp3) is 0.333. The Morgan fingerprint density at radius 3 is 2.41 bits per heavy atom. The first kappa shape index (κ1) is 27.1. The average molecular weight is 667 g/mol. The predicted octanol–water partition coefficient (Wildman–Crippen LogP) is 5.79. The van der Waals surface area contributed by atoms with Crippen molar-refractivity contribution in [3.05, 3.63) is 77.1 Å². The number of fused-ring (bicyclic) bond motifs is 2. The van der Waals surface area contributed by atoms with Crippen LogP contribution in [-0.2, 0) is 20.9 Å². The van der Waals surface area contributed by atoms with Crippen molar-refractivity contribution in [2.45, 2.75) is 42.0 Å². The smallest absolute Gasteiger partial charge is 0.308 e. The highest BCUT2D eigenvalue weighted by atomic mass is 79.9. The number of hydrogen-bond donors (Lipinski definition) is 0. The van der Waals surface area contributed by atoms with Crippen LogP contribution in [0, 0.1) is 5.92 Å². The molecule has 2 unspecified atom stereocenters. The number of rotatable bonds is 4. The number of hydrogen-bond acceptors (Lipinski definition) is 6. The van der Waals surface area contributed by atoms with Crippen LogP contribution in [0.1, 0.15) is 35.6 Å². The molecule has 3 aromatic rings. The van der Waals surface area contributed by atoms with Gasteiger partial charge in [0.2, 0.25) is 17.7 Å². The van der Waals surface area contributed by atoms with Gasteiger partial charge in [-0.25, -0.2) is 4.90 Å². The van der Waals surface area contributed by atoms with E-state index in [0.717, 1.165) is 35.1 Å². The lowest BCUT2D eigenvalue weighted by Gasteiger charge is -2.31. The molecule has 4 heterocycles. The zero-order valence-electron chi connectivity index (χ0n) is 20.4. The van der Waals surface area contributed by atoms with Crippen molar-refractivity contribution in [2.75, 3.05) is 18.0 Å². The van der Waals surface area contributed by atoms with E-state index in [1.807, 2.05) is 0 Å². The van der Waals surface area contributed by atoms with Crippen LogP contribution in [0.2, 0.25) is 10.0 Å². The Morgan fingerprint density at radius 2 is 1.69 bits per heavy atom. The minimum absolute atomic E-state index is 0.108. The molecule has 3 aliphatic heterocycles. The third-order valence-corrected chi connectivity index (χ3v) is 11.4. The Hall–Kier alpha value is -2.11. The zero-order chi connectivity index (χ0) is 27.4. The van der Waals surface area contributed by atoms with Gasteiger partial charge in [0.05, 0.1) is 26.7 Å². The Morgan fingerprint density at radius 1 is 0.974 bits per heavy atom. The fourth-order valence-electron chi connectivity index (χ4n) is 5.57. The Labute approximate surface area is 251 Å². The van der Waals surface area contributed by atoms with Crippen LogP contribution in [0.3, 0.4) is 0 Å². The van der Waals surface area contributed by atoms with Crippen LogP contribution in [0.25, 0.3) is 0 Å². The number of likely N-dealkylation sites (tertiary alicyclic amines) is 1. The number of anilines is 1. The minimum Gasteiger partial charge on any atom is -0.341 e. The summed E-state index contributed by atoms with van der Waals surface area (Å²) in [6.45, 7) is 1.24. The maximum absolute atomic E-state index is 14.0. The van der Waals surface area contributed by atoms with Gasteiger partial charge < -0.3 is 4.90 Å². The third kappa shape index (κ3) is 4.68. The second-order valence-electron chi connectivity index (χ2n) is 9.74. The first-order valence-corrected chi connectivity index (χ1v) is 15.8. The number of thiazole rings is 1. The summed E-state index contributed by atoms with van der Waals surface area (Å²) >= 11 is 18.6. The highest BCUT2D eigenvalue weighted by Gasteiger charge is 2.57. The van der Waals surface area contributed by atoms with E-state index in [4.69, 9.17) is 23.2 Å². The molecule has 202 valence electrons. The van der Waals surface area contributed by atoms with E-state index in [0.29, 0.717) is 39.3 Å². The van der Waals surface area contributed by atoms with Gasteiger partial charge in [0, 0.05) is 28.4 Å². The minimum atomic E-state index is -0.793. The van der Waals surface area contributed by atoms with E-state index in [1.54, 1.807) is 47.4 Å². The number of aromatic nitrogens is 1. The van der Waals surface area contributed by atoms with Crippen molar-refractivity contribution in [1.29, 1.82) is 0 Å². The lowest BCUT2D eigenvalue weighted by atomic mass is 9.83. The summed E-state index contributed by atoms with van der Waals surface area (Å²) in [6.07, 6.45) is 2.97. The molecular weight excluding hydrogens is 645 g/mol. The van der Waals surface area contributed by atoms with E-state index >= 15 is 0 Å². The van der Waals surface area contributed by atoms with Crippen LogP contribution in [-0.4, -0.2) is 45.5 Å². The molecule has 3 amide bonds. The number of carbonyl (C=O) groups excluding carboxylic acids is 3. The first-order chi connectivity index (χ1) is 18.8. The zero-order valence-corrected chi connectivity index (χ0v) is 25.2. The Bertz CT molecular complexity index is 1550.